The van der Waals surface area contributed by atoms with Crippen LogP contribution in [0.1, 0.15) is 4.88 Å². The first-order chi connectivity index (χ1) is 12.6. The summed E-state index contributed by atoms with van der Waals surface area (Å²) in [7, 11) is 0. The van der Waals surface area contributed by atoms with Gasteiger partial charge in [0.1, 0.15) is 5.82 Å². The molecule has 0 unspecified atom stereocenters. The zero-order valence-electron chi connectivity index (χ0n) is 14.3. The molecule has 2 heterocycles. The molecule has 0 radical (unpaired) electrons. The van der Waals surface area contributed by atoms with Crippen LogP contribution in [0.25, 0.3) is 0 Å². The monoisotopic (exact) mass is 429 g/mol. The number of nitrogens with one attached hydrogen (secondary N) is 2. The van der Waals surface area contributed by atoms with Crippen LogP contribution in [0.5, 0.6) is 0 Å². The van der Waals surface area contributed by atoms with Crippen LogP contribution in [-0.4, -0.2) is 41.4 Å². The van der Waals surface area contributed by atoms with Gasteiger partial charge in [0.2, 0.25) is 5.91 Å². The van der Waals surface area contributed by atoms with Crippen molar-refractivity contribution >= 4 is 58.6 Å². The van der Waals surface area contributed by atoms with E-state index in [2.05, 4.69) is 20.4 Å². The number of thiophene rings is 1. The zero-order valence-corrected chi connectivity index (χ0v) is 17.6. The minimum Gasteiger partial charge on any atom is -0.324 e. The number of halogens is 1. The lowest BCUT2D eigenvalue weighted by Crippen LogP contribution is -2.26. The Morgan fingerprint density at radius 2 is 2.00 bits per heavy atom. The third-order valence-electron chi connectivity index (χ3n) is 3.59. The van der Waals surface area contributed by atoms with Crippen molar-refractivity contribution < 1.29 is 9.18 Å². The highest BCUT2D eigenvalue weighted by Gasteiger charge is 2.15. The van der Waals surface area contributed by atoms with Crippen LogP contribution in [0, 0.1) is 12.7 Å². The highest BCUT2D eigenvalue weighted by atomic mass is 32.2. The Balaban J connectivity index is 1.45. The van der Waals surface area contributed by atoms with E-state index in [-0.39, 0.29) is 18.3 Å². The molecule has 1 aromatic heterocycles. The van der Waals surface area contributed by atoms with Gasteiger partial charge in [0.15, 0.2) is 0 Å². The number of benzene rings is 1. The first kappa shape index (κ1) is 20.0. The van der Waals surface area contributed by atoms with E-state index in [1.54, 1.807) is 35.4 Å². The van der Waals surface area contributed by atoms with Gasteiger partial charge < -0.3 is 5.32 Å². The Morgan fingerprint density at radius 1 is 1.27 bits per heavy atom. The van der Waals surface area contributed by atoms with Crippen LogP contribution < -0.4 is 10.0 Å². The maximum absolute atomic E-state index is 12.9. The van der Waals surface area contributed by atoms with E-state index in [1.165, 1.54) is 39.8 Å². The molecule has 1 fully saturated rings. The van der Waals surface area contributed by atoms with Gasteiger partial charge >= 0.3 is 0 Å². The van der Waals surface area contributed by atoms with Crippen molar-refractivity contribution in [1.29, 1.82) is 0 Å². The number of thioether (sulfide) groups is 1. The molecule has 0 bridgehead atoms. The molecule has 2 N–H and O–H groups in total. The quantitative estimate of drug-likeness (QED) is 0.633. The second-order valence-electron chi connectivity index (χ2n) is 5.59. The van der Waals surface area contributed by atoms with Crippen molar-refractivity contribution in [2.24, 2.45) is 0 Å². The fourth-order valence-electron chi connectivity index (χ4n) is 2.27. The molecule has 0 atom stereocenters. The highest BCUT2D eigenvalue weighted by molar-refractivity contribution is 8.00. The molecule has 0 aliphatic carbocycles. The van der Waals surface area contributed by atoms with Crippen LogP contribution in [0.15, 0.2) is 39.4 Å². The summed E-state index contributed by atoms with van der Waals surface area (Å²) >= 11 is 6.80. The molecule has 2 aromatic rings. The van der Waals surface area contributed by atoms with E-state index in [4.69, 9.17) is 0 Å². The third kappa shape index (κ3) is 6.17. The standard InChI is InChI=1S/C17H20FN3OS4/c1-12-15(10-17(24-12)26-21-6-8-23-9-7-21)20-16(22)11-19-25-14-4-2-13(18)3-5-14/h2-5,10,19H,6-9,11H2,1H3,(H,20,22). The molecule has 26 heavy (non-hydrogen) atoms. The van der Waals surface area contributed by atoms with Gasteiger partial charge in [0.05, 0.1) is 16.4 Å². The summed E-state index contributed by atoms with van der Waals surface area (Å²) in [5.41, 5.74) is 0.877. The van der Waals surface area contributed by atoms with E-state index in [1.807, 2.05) is 18.7 Å². The maximum atomic E-state index is 12.9. The zero-order chi connectivity index (χ0) is 18.4. The average Bonchev–Trinajstić information content (AvgIpc) is 2.96. The number of rotatable bonds is 7. The minimum absolute atomic E-state index is 0.0913. The van der Waals surface area contributed by atoms with Crippen molar-refractivity contribution in [2.45, 2.75) is 16.0 Å². The Bertz CT molecular complexity index is 732. The number of carbonyl (C=O) groups is 1. The van der Waals surface area contributed by atoms with Crippen molar-refractivity contribution in [3.63, 3.8) is 0 Å². The number of amides is 1. The van der Waals surface area contributed by atoms with Crippen molar-refractivity contribution in [3.8, 4) is 0 Å². The summed E-state index contributed by atoms with van der Waals surface area (Å²) in [6.45, 7) is 4.40. The maximum Gasteiger partial charge on any atom is 0.239 e. The van der Waals surface area contributed by atoms with Crippen LogP contribution >= 0.6 is 47.0 Å². The normalized spacial score (nSPS) is 15.2. The fraction of sp³-hybridized carbons (Fsp3) is 0.353. The summed E-state index contributed by atoms with van der Waals surface area (Å²) in [6, 6.07) is 8.21. The lowest BCUT2D eigenvalue weighted by molar-refractivity contribution is -0.115. The average molecular weight is 430 g/mol. The summed E-state index contributed by atoms with van der Waals surface area (Å²) in [5, 5.41) is 2.96. The smallest absolute Gasteiger partial charge is 0.239 e. The van der Waals surface area contributed by atoms with Gasteiger partial charge in [-0.25, -0.2) is 8.70 Å². The number of nitrogens with zero attached hydrogens (tertiary/aromatic N) is 1. The van der Waals surface area contributed by atoms with Crippen molar-refractivity contribution in [2.75, 3.05) is 36.5 Å². The first-order valence-electron chi connectivity index (χ1n) is 8.16. The van der Waals surface area contributed by atoms with Gasteiger partial charge in [-0.1, -0.05) is 0 Å². The molecular formula is C17H20FN3OS4. The van der Waals surface area contributed by atoms with Gasteiger partial charge in [0.25, 0.3) is 0 Å². The molecule has 1 aliphatic rings. The van der Waals surface area contributed by atoms with Crippen LogP contribution in [-0.2, 0) is 4.79 Å². The van der Waals surface area contributed by atoms with E-state index >= 15 is 0 Å². The number of anilines is 1. The third-order valence-corrected chi connectivity index (χ3v) is 7.57. The second kappa shape index (κ2) is 10.0. The van der Waals surface area contributed by atoms with Crippen molar-refractivity contribution in [1.82, 2.24) is 9.03 Å². The van der Waals surface area contributed by atoms with E-state index in [0.717, 1.165) is 28.5 Å². The van der Waals surface area contributed by atoms with Gasteiger partial charge in [0, 0.05) is 34.4 Å². The van der Waals surface area contributed by atoms with E-state index in [9.17, 15) is 9.18 Å². The molecule has 1 aromatic carbocycles. The number of aryl methyl sites for hydroxylation is 1. The van der Waals surface area contributed by atoms with Crippen LogP contribution in [0.2, 0.25) is 0 Å². The molecule has 0 spiro atoms. The molecular weight excluding hydrogens is 409 g/mol. The van der Waals surface area contributed by atoms with Gasteiger partial charge in [-0.05, 0) is 61.2 Å². The largest absolute Gasteiger partial charge is 0.324 e. The molecule has 0 saturated carbocycles. The number of hydrogen-bond donors (Lipinski definition) is 2. The van der Waals surface area contributed by atoms with Crippen molar-refractivity contribution in [3.05, 3.63) is 41.0 Å². The van der Waals surface area contributed by atoms with Gasteiger partial charge in [-0.3, -0.25) is 9.52 Å². The predicted octanol–water partition coefficient (Wildman–Crippen LogP) is 4.49. The van der Waals surface area contributed by atoms with Gasteiger partial charge in [-0.2, -0.15) is 11.8 Å². The van der Waals surface area contributed by atoms with Crippen LogP contribution in [0.3, 0.4) is 0 Å². The highest BCUT2D eigenvalue weighted by Crippen LogP contribution is 2.36. The molecule has 1 saturated heterocycles. The van der Waals surface area contributed by atoms with E-state index < -0.39 is 0 Å². The molecule has 4 nitrogen and oxygen atoms in total. The second-order valence-corrected chi connectivity index (χ2v) is 10.4. The first-order valence-corrected chi connectivity index (χ1v) is 11.7. The molecule has 140 valence electrons. The molecule has 1 amide bonds. The van der Waals surface area contributed by atoms with Crippen LogP contribution in [0.4, 0.5) is 10.1 Å². The van der Waals surface area contributed by atoms with E-state index in [0.29, 0.717) is 0 Å². The predicted molar refractivity (Wildman–Crippen MR) is 113 cm³/mol. The Hall–Kier alpha value is -0.710. The summed E-state index contributed by atoms with van der Waals surface area (Å²) in [5.74, 6) is 2.00. The topological polar surface area (TPSA) is 44.4 Å². The summed E-state index contributed by atoms with van der Waals surface area (Å²) < 4.78 is 19.5. The number of hydrogen-bond acceptors (Lipinski definition) is 7. The molecule has 3 rings (SSSR count). The summed E-state index contributed by atoms with van der Waals surface area (Å²) in [4.78, 5) is 14.1. The Morgan fingerprint density at radius 3 is 2.73 bits per heavy atom. The molecule has 1 aliphatic heterocycles. The Kier molecular flexibility index (Phi) is 7.71. The Labute approximate surface area is 170 Å². The lowest BCUT2D eigenvalue weighted by atomic mass is 10.4. The minimum atomic E-state index is -0.267. The fourth-order valence-corrected chi connectivity index (χ4v) is 6.38. The number of carbonyl (C=O) groups excluding carboxylic acids is 1. The van der Waals surface area contributed by atoms with Gasteiger partial charge in [-0.15, -0.1) is 11.3 Å². The lowest BCUT2D eigenvalue weighted by Gasteiger charge is -2.23. The summed E-state index contributed by atoms with van der Waals surface area (Å²) in [6.07, 6.45) is 0. The molecule has 9 heteroatoms. The SMILES string of the molecule is Cc1sc(SN2CCSCC2)cc1NC(=O)CNSc1ccc(F)cc1.